The van der Waals surface area contributed by atoms with Gasteiger partial charge < -0.3 is 20.1 Å². The molecule has 0 amide bonds. The van der Waals surface area contributed by atoms with Crippen molar-refractivity contribution in [3.63, 3.8) is 0 Å². The molecule has 0 aliphatic carbocycles. The Morgan fingerprint density at radius 3 is 2.54 bits per heavy atom. The molecule has 1 heterocycles. The van der Waals surface area contributed by atoms with Crippen molar-refractivity contribution in [2.45, 2.75) is 19.4 Å². The Labute approximate surface area is 177 Å². The average molecular weight is 489 g/mol. The summed E-state index contributed by atoms with van der Waals surface area (Å²) in [6.45, 7) is 3.05. The fourth-order valence-corrected chi connectivity index (χ4v) is 2.98. The van der Waals surface area contributed by atoms with E-state index >= 15 is 0 Å². The monoisotopic (exact) mass is 489 g/mol. The second kappa shape index (κ2) is 13.8. The van der Waals surface area contributed by atoms with Crippen LogP contribution in [0.5, 0.6) is 5.75 Å². The van der Waals surface area contributed by atoms with Crippen LogP contribution in [0.1, 0.15) is 16.9 Å². The molecule has 0 unspecified atom stereocenters. The quantitative estimate of drug-likeness (QED) is 0.232. The molecule has 0 atom stereocenters. The summed E-state index contributed by atoms with van der Waals surface area (Å²) in [7, 11) is 3.46. The third-order valence-corrected chi connectivity index (χ3v) is 4.59. The Bertz CT molecular complexity index is 618. The minimum absolute atomic E-state index is 0. The molecule has 1 aromatic heterocycles. The van der Waals surface area contributed by atoms with Gasteiger partial charge in [-0.3, -0.25) is 4.99 Å². The predicted octanol–water partition coefficient (Wildman–Crippen LogP) is 3.69. The fourth-order valence-electron chi connectivity index (χ4n) is 2.27. The van der Waals surface area contributed by atoms with Gasteiger partial charge in [0.25, 0.3) is 0 Å². The van der Waals surface area contributed by atoms with E-state index < -0.39 is 0 Å². The lowest BCUT2D eigenvalue weighted by atomic mass is 10.2. The zero-order valence-corrected chi connectivity index (χ0v) is 18.5. The van der Waals surface area contributed by atoms with Crippen LogP contribution in [-0.4, -0.2) is 39.8 Å². The first-order valence-electron chi connectivity index (χ1n) is 8.49. The van der Waals surface area contributed by atoms with Gasteiger partial charge in [0.2, 0.25) is 0 Å². The van der Waals surface area contributed by atoms with Crippen molar-refractivity contribution in [2.24, 2.45) is 4.99 Å². The Balaban J connectivity index is 0.00000338. The van der Waals surface area contributed by atoms with Crippen LogP contribution in [0.2, 0.25) is 0 Å². The van der Waals surface area contributed by atoms with Crippen LogP contribution >= 0.6 is 35.3 Å². The molecule has 1 aromatic carbocycles. The fraction of sp³-hybridized carbons (Fsp3) is 0.421. The van der Waals surface area contributed by atoms with Gasteiger partial charge in [-0.1, -0.05) is 18.2 Å². The minimum atomic E-state index is 0. The number of nitrogens with one attached hydrogen (secondary N) is 2. The number of thiophene rings is 1. The van der Waals surface area contributed by atoms with E-state index in [0.717, 1.165) is 43.2 Å². The lowest BCUT2D eigenvalue weighted by Gasteiger charge is -2.11. The molecule has 2 rings (SSSR count). The first-order chi connectivity index (χ1) is 12.3. The molecule has 0 aliphatic heterocycles. The molecule has 2 N–H and O–H groups in total. The summed E-state index contributed by atoms with van der Waals surface area (Å²) in [6, 6.07) is 12.2. The van der Waals surface area contributed by atoms with Gasteiger partial charge in [0.05, 0.1) is 13.7 Å². The zero-order valence-electron chi connectivity index (χ0n) is 15.4. The molecule has 0 saturated heterocycles. The van der Waals surface area contributed by atoms with Gasteiger partial charge in [-0.05, 0) is 42.0 Å². The highest BCUT2D eigenvalue weighted by Gasteiger charge is 1.99. The molecule has 2 aromatic rings. The van der Waals surface area contributed by atoms with Crippen molar-refractivity contribution in [1.29, 1.82) is 0 Å². The SMILES string of the molecule is CN=C(NCCCOCc1ccc(OC)cc1)NCCc1cccs1.I. The van der Waals surface area contributed by atoms with Crippen molar-refractivity contribution in [3.8, 4) is 5.75 Å². The zero-order chi connectivity index (χ0) is 17.7. The first kappa shape index (κ1) is 22.7. The number of ether oxygens (including phenoxy) is 2. The minimum Gasteiger partial charge on any atom is -0.497 e. The molecule has 0 bridgehead atoms. The summed E-state index contributed by atoms with van der Waals surface area (Å²) >= 11 is 1.79. The van der Waals surface area contributed by atoms with Gasteiger partial charge in [0.1, 0.15) is 5.75 Å². The van der Waals surface area contributed by atoms with Crippen molar-refractivity contribution in [3.05, 3.63) is 52.2 Å². The van der Waals surface area contributed by atoms with Crippen LogP contribution in [0.15, 0.2) is 46.8 Å². The van der Waals surface area contributed by atoms with E-state index in [2.05, 4.69) is 33.1 Å². The Morgan fingerprint density at radius 1 is 1.12 bits per heavy atom. The van der Waals surface area contributed by atoms with E-state index in [1.54, 1.807) is 25.5 Å². The highest BCUT2D eigenvalue weighted by Crippen LogP contribution is 2.12. The van der Waals surface area contributed by atoms with Crippen LogP contribution < -0.4 is 15.4 Å². The lowest BCUT2D eigenvalue weighted by Crippen LogP contribution is -2.38. The molecular formula is C19H28IN3O2S. The van der Waals surface area contributed by atoms with Gasteiger partial charge in [-0.2, -0.15) is 0 Å². The number of hydrogen-bond donors (Lipinski definition) is 2. The van der Waals surface area contributed by atoms with E-state index in [0.29, 0.717) is 13.2 Å². The van der Waals surface area contributed by atoms with Gasteiger partial charge >= 0.3 is 0 Å². The topological polar surface area (TPSA) is 54.9 Å². The summed E-state index contributed by atoms with van der Waals surface area (Å²) in [5.74, 6) is 1.71. The van der Waals surface area contributed by atoms with Gasteiger partial charge in [0.15, 0.2) is 5.96 Å². The number of benzene rings is 1. The maximum absolute atomic E-state index is 5.70. The van der Waals surface area contributed by atoms with Crippen LogP contribution in [0.3, 0.4) is 0 Å². The average Bonchev–Trinajstić information content (AvgIpc) is 3.17. The second-order valence-electron chi connectivity index (χ2n) is 5.51. The number of methoxy groups -OCH3 is 1. The van der Waals surface area contributed by atoms with Gasteiger partial charge in [-0.15, -0.1) is 35.3 Å². The van der Waals surface area contributed by atoms with Crippen molar-refractivity contribution in [1.82, 2.24) is 10.6 Å². The van der Waals surface area contributed by atoms with Crippen LogP contribution in [-0.2, 0) is 17.8 Å². The normalized spacial score (nSPS) is 10.9. The molecule has 7 heteroatoms. The predicted molar refractivity (Wildman–Crippen MR) is 120 cm³/mol. The molecule has 0 radical (unpaired) electrons. The number of nitrogens with zero attached hydrogens (tertiary/aromatic N) is 1. The van der Waals surface area contributed by atoms with E-state index in [4.69, 9.17) is 9.47 Å². The number of aliphatic imine (C=N–C) groups is 1. The van der Waals surface area contributed by atoms with Crippen molar-refractivity contribution in [2.75, 3.05) is 33.9 Å². The maximum atomic E-state index is 5.70. The number of halogens is 1. The molecule has 0 aliphatic rings. The largest absolute Gasteiger partial charge is 0.497 e. The van der Waals surface area contributed by atoms with Crippen LogP contribution in [0, 0.1) is 0 Å². The Morgan fingerprint density at radius 2 is 1.88 bits per heavy atom. The third kappa shape index (κ3) is 8.86. The summed E-state index contributed by atoms with van der Waals surface area (Å²) in [6.07, 6.45) is 1.95. The van der Waals surface area contributed by atoms with E-state index in [9.17, 15) is 0 Å². The molecule has 0 saturated carbocycles. The van der Waals surface area contributed by atoms with Crippen molar-refractivity contribution < 1.29 is 9.47 Å². The summed E-state index contributed by atoms with van der Waals surface area (Å²) in [5.41, 5.74) is 1.15. The number of hydrogen-bond acceptors (Lipinski definition) is 4. The van der Waals surface area contributed by atoms with Gasteiger partial charge in [-0.25, -0.2) is 0 Å². The van der Waals surface area contributed by atoms with Crippen LogP contribution in [0.25, 0.3) is 0 Å². The second-order valence-corrected chi connectivity index (χ2v) is 6.54. The van der Waals surface area contributed by atoms with Crippen LogP contribution in [0.4, 0.5) is 0 Å². The Kier molecular flexibility index (Phi) is 12.1. The van der Waals surface area contributed by atoms with E-state index in [1.807, 2.05) is 24.3 Å². The molecule has 144 valence electrons. The first-order valence-corrected chi connectivity index (χ1v) is 9.37. The number of rotatable bonds is 10. The highest BCUT2D eigenvalue weighted by atomic mass is 127. The standard InChI is InChI=1S/C19H27N3O2S.HI/c1-20-19(22-12-10-18-5-3-14-25-18)21-11-4-13-24-15-16-6-8-17(23-2)9-7-16;/h3,5-9,14H,4,10-13,15H2,1-2H3,(H2,20,21,22);1H. The van der Waals surface area contributed by atoms with Gasteiger partial charge in [0, 0.05) is 31.6 Å². The number of guanidine groups is 1. The van der Waals surface area contributed by atoms with E-state index in [-0.39, 0.29) is 24.0 Å². The summed E-state index contributed by atoms with van der Waals surface area (Å²) in [5, 5.41) is 8.74. The van der Waals surface area contributed by atoms with E-state index in [1.165, 1.54) is 4.88 Å². The summed E-state index contributed by atoms with van der Waals surface area (Å²) < 4.78 is 10.8. The molecular weight excluding hydrogens is 461 g/mol. The lowest BCUT2D eigenvalue weighted by molar-refractivity contribution is 0.119. The summed E-state index contributed by atoms with van der Waals surface area (Å²) in [4.78, 5) is 5.62. The Hall–Kier alpha value is -1.32. The molecule has 0 spiro atoms. The maximum Gasteiger partial charge on any atom is 0.190 e. The highest BCUT2D eigenvalue weighted by molar-refractivity contribution is 14.0. The smallest absolute Gasteiger partial charge is 0.190 e. The molecule has 26 heavy (non-hydrogen) atoms. The molecule has 5 nitrogen and oxygen atoms in total. The third-order valence-electron chi connectivity index (χ3n) is 3.65. The van der Waals surface area contributed by atoms with Crippen molar-refractivity contribution >= 4 is 41.3 Å². The molecule has 0 fully saturated rings.